The highest BCUT2D eigenvalue weighted by atomic mass is 15.0. The molecule has 9 aromatic carbocycles. The molecule has 1 aliphatic carbocycles. The topological polar surface area (TPSA) is 22.2 Å². The number of rotatable bonds is 5. The fourth-order valence-electron chi connectivity index (χ4n) is 10.6. The summed E-state index contributed by atoms with van der Waals surface area (Å²) >= 11 is 0. The molecule has 0 amide bonds. The lowest BCUT2D eigenvalue weighted by atomic mass is 9.85. The molecule has 3 heterocycles. The zero-order chi connectivity index (χ0) is 40.7. The summed E-state index contributed by atoms with van der Waals surface area (Å²) < 4.78 is 4.81. The Morgan fingerprint density at radius 2 is 0.903 bits per heavy atom. The minimum absolute atomic E-state index is 0.896. The van der Waals surface area contributed by atoms with Crippen LogP contribution >= 0.6 is 0 Å². The highest BCUT2D eigenvalue weighted by Crippen LogP contribution is 2.40. The first kappa shape index (κ1) is 35.0. The van der Waals surface area contributed by atoms with Crippen LogP contribution in [0, 0.1) is 0 Å². The third kappa shape index (κ3) is 5.41. The van der Waals surface area contributed by atoms with Gasteiger partial charge in [-0.2, -0.15) is 0 Å². The molecule has 13 rings (SSSR count). The Labute approximate surface area is 359 Å². The van der Waals surface area contributed by atoms with Crippen LogP contribution in [0.3, 0.4) is 0 Å². The third-order valence-electron chi connectivity index (χ3n) is 13.5. The summed E-state index contributed by atoms with van der Waals surface area (Å²) in [5.41, 5.74) is 17.4. The van der Waals surface area contributed by atoms with E-state index in [2.05, 4.69) is 209 Å². The molecule has 0 spiro atoms. The molecule has 3 nitrogen and oxygen atoms in total. The molecular formula is C59H41N3. The van der Waals surface area contributed by atoms with E-state index in [-0.39, 0.29) is 0 Å². The van der Waals surface area contributed by atoms with E-state index in [1.807, 2.05) is 0 Å². The van der Waals surface area contributed by atoms with Crippen LogP contribution in [-0.2, 0) is 6.42 Å². The smallest absolute Gasteiger partial charge is 0.0541 e. The van der Waals surface area contributed by atoms with E-state index in [0.717, 1.165) is 31.4 Å². The van der Waals surface area contributed by atoms with E-state index in [9.17, 15) is 0 Å². The van der Waals surface area contributed by atoms with E-state index in [1.54, 1.807) is 0 Å². The minimum Gasteiger partial charge on any atom is -0.311 e. The molecule has 0 saturated heterocycles. The molecule has 0 radical (unpaired) electrons. The molecule has 0 fully saturated rings. The summed E-state index contributed by atoms with van der Waals surface area (Å²) in [6.07, 6.45) is 10.8. The van der Waals surface area contributed by atoms with Crippen molar-refractivity contribution in [2.75, 3.05) is 0 Å². The molecule has 2 aromatic heterocycles. The first-order valence-corrected chi connectivity index (χ1v) is 21.9. The molecule has 292 valence electrons. The van der Waals surface area contributed by atoms with Crippen LogP contribution in [0.1, 0.15) is 36.0 Å². The Balaban J connectivity index is 0.840. The number of aliphatic imine (C=N–C) groups is 1. The molecule has 3 heteroatoms. The summed E-state index contributed by atoms with van der Waals surface area (Å²) in [5.74, 6) is 0. The predicted octanol–water partition coefficient (Wildman–Crippen LogP) is 15.6. The van der Waals surface area contributed by atoms with Gasteiger partial charge in [-0.15, -0.1) is 0 Å². The third-order valence-corrected chi connectivity index (χ3v) is 13.5. The maximum atomic E-state index is 5.20. The number of aromatic nitrogens is 2. The molecule has 0 N–H and O–H groups in total. The Hall–Kier alpha value is -7.75. The summed E-state index contributed by atoms with van der Waals surface area (Å²) in [6, 6.07) is 67.0. The largest absolute Gasteiger partial charge is 0.311 e. The van der Waals surface area contributed by atoms with Gasteiger partial charge < -0.3 is 9.13 Å². The van der Waals surface area contributed by atoms with Crippen molar-refractivity contribution in [1.82, 2.24) is 9.13 Å². The number of allylic oxidation sites excluding steroid dienone is 2. The molecular weight excluding hydrogens is 751 g/mol. The summed E-state index contributed by atoms with van der Waals surface area (Å²) in [4.78, 5) is 5.20. The fraction of sp³-hybridized carbons (Fsp3) is 0.0678. The molecule has 62 heavy (non-hydrogen) atoms. The van der Waals surface area contributed by atoms with Crippen molar-refractivity contribution in [2.24, 2.45) is 4.99 Å². The standard InChI is InChI=1S/C59H41N3/c1-2-12-43(13-3-1)61-56-20-10-8-18-50(56)53-34-40(27-32-58(53)61)38-22-24-39(25-23-38)41-28-33-59-54(35-41)51-19-9-11-21-57(51)62(59)44-29-31-55(60-37-44)42-26-30-49-47-16-5-4-14-45(47)46-15-6-7-17-48(46)52(49)36-42/h1-6,8-16,18-28,30,32-37H,7,17,29,31H2. The van der Waals surface area contributed by atoms with Gasteiger partial charge in [-0.3, -0.25) is 4.99 Å². The Kier molecular flexibility index (Phi) is 7.86. The number of benzene rings is 9. The monoisotopic (exact) mass is 791 g/mol. The maximum absolute atomic E-state index is 5.20. The van der Waals surface area contributed by atoms with Gasteiger partial charge >= 0.3 is 0 Å². The predicted molar refractivity (Wildman–Crippen MR) is 264 cm³/mol. The Morgan fingerprint density at radius 1 is 0.371 bits per heavy atom. The van der Waals surface area contributed by atoms with Crippen LogP contribution in [-0.4, -0.2) is 14.8 Å². The average molecular weight is 792 g/mol. The Bertz CT molecular complexity index is 3720. The average Bonchev–Trinajstić information content (AvgIpc) is 3.86. The van der Waals surface area contributed by atoms with E-state index in [4.69, 9.17) is 4.99 Å². The van der Waals surface area contributed by atoms with E-state index >= 15 is 0 Å². The normalized spacial score (nSPS) is 14.0. The van der Waals surface area contributed by atoms with Crippen LogP contribution in [0.5, 0.6) is 0 Å². The summed E-state index contributed by atoms with van der Waals surface area (Å²) in [6.45, 7) is 0. The fourth-order valence-corrected chi connectivity index (χ4v) is 10.6. The van der Waals surface area contributed by atoms with Gasteiger partial charge in [-0.1, -0.05) is 140 Å². The number of hydrogen-bond donors (Lipinski definition) is 0. The number of aryl methyl sites for hydroxylation is 1. The van der Waals surface area contributed by atoms with Gasteiger partial charge in [0.1, 0.15) is 0 Å². The maximum Gasteiger partial charge on any atom is 0.0541 e. The molecule has 0 bridgehead atoms. The zero-order valence-electron chi connectivity index (χ0n) is 34.2. The van der Waals surface area contributed by atoms with Crippen LogP contribution in [0.4, 0.5) is 0 Å². The van der Waals surface area contributed by atoms with Crippen molar-refractivity contribution in [3.8, 4) is 27.9 Å². The van der Waals surface area contributed by atoms with Crippen molar-refractivity contribution >= 4 is 82.6 Å². The molecule has 1 aliphatic heterocycles. The number of fused-ring (bicyclic) bond motifs is 12. The molecule has 0 atom stereocenters. The lowest BCUT2D eigenvalue weighted by molar-refractivity contribution is 0.991. The van der Waals surface area contributed by atoms with Crippen LogP contribution in [0.25, 0.3) is 105 Å². The number of nitrogens with zero attached hydrogens (tertiary/aromatic N) is 3. The van der Waals surface area contributed by atoms with Crippen LogP contribution in [0.2, 0.25) is 0 Å². The van der Waals surface area contributed by atoms with Gasteiger partial charge in [0, 0.05) is 44.8 Å². The van der Waals surface area contributed by atoms with Crippen molar-refractivity contribution in [1.29, 1.82) is 0 Å². The van der Waals surface area contributed by atoms with E-state index in [0.29, 0.717) is 0 Å². The van der Waals surface area contributed by atoms with E-state index < -0.39 is 0 Å². The van der Waals surface area contributed by atoms with Crippen molar-refractivity contribution in [3.63, 3.8) is 0 Å². The SMILES string of the molecule is C1=Cc2c(c3cc(C4=NC=C(n5c6ccccc6c6cc(-c7ccc(-c8ccc9c(c8)c8ccccc8n9-c8ccccc8)cc7)ccc65)CC4)ccc3c3ccccc23)CC1. The highest BCUT2D eigenvalue weighted by molar-refractivity contribution is 6.16. The molecule has 2 aliphatic rings. The van der Waals surface area contributed by atoms with Gasteiger partial charge in [0.2, 0.25) is 0 Å². The lowest BCUT2D eigenvalue weighted by Crippen LogP contribution is -2.08. The summed E-state index contributed by atoms with van der Waals surface area (Å²) in [7, 11) is 0. The van der Waals surface area contributed by atoms with Crippen molar-refractivity contribution in [2.45, 2.75) is 25.7 Å². The highest BCUT2D eigenvalue weighted by Gasteiger charge is 2.20. The quantitative estimate of drug-likeness (QED) is 0.155. The molecule has 0 saturated carbocycles. The second kappa shape index (κ2) is 13.9. The van der Waals surface area contributed by atoms with Gasteiger partial charge in [-0.25, -0.2) is 0 Å². The van der Waals surface area contributed by atoms with Crippen LogP contribution in [0.15, 0.2) is 199 Å². The van der Waals surface area contributed by atoms with Gasteiger partial charge in [0.15, 0.2) is 0 Å². The van der Waals surface area contributed by atoms with Gasteiger partial charge in [-0.05, 0) is 141 Å². The first-order chi connectivity index (χ1) is 30.7. The van der Waals surface area contributed by atoms with Gasteiger partial charge in [0.05, 0.1) is 22.1 Å². The van der Waals surface area contributed by atoms with Crippen molar-refractivity contribution in [3.05, 3.63) is 211 Å². The minimum atomic E-state index is 0.896. The van der Waals surface area contributed by atoms with Gasteiger partial charge in [0.25, 0.3) is 0 Å². The Morgan fingerprint density at radius 3 is 1.58 bits per heavy atom. The molecule has 11 aromatic rings. The van der Waals surface area contributed by atoms with E-state index in [1.165, 1.54) is 115 Å². The van der Waals surface area contributed by atoms with Crippen molar-refractivity contribution < 1.29 is 0 Å². The molecule has 0 unspecified atom stereocenters. The first-order valence-electron chi connectivity index (χ1n) is 21.9. The zero-order valence-corrected chi connectivity index (χ0v) is 34.2. The van der Waals surface area contributed by atoms with Crippen LogP contribution < -0.4 is 0 Å². The second-order valence-electron chi connectivity index (χ2n) is 16.9. The second-order valence-corrected chi connectivity index (χ2v) is 16.9. The number of hydrogen-bond acceptors (Lipinski definition) is 1. The number of para-hydroxylation sites is 3. The lowest BCUT2D eigenvalue weighted by Gasteiger charge is -2.20. The summed E-state index contributed by atoms with van der Waals surface area (Å²) in [5, 5.41) is 10.5.